The number of aliphatic hydroxyl groups excluding tert-OH is 1. The molecule has 2 aromatic carbocycles. The first kappa shape index (κ1) is 25.3. The molecule has 1 aliphatic heterocycles. The molecule has 0 radical (unpaired) electrons. The van der Waals surface area contributed by atoms with Crippen molar-refractivity contribution < 1.29 is 9.50 Å². The number of aryl methyl sites for hydroxylation is 1. The normalized spacial score (nSPS) is 14.8. The molecule has 1 aromatic heterocycles. The van der Waals surface area contributed by atoms with E-state index in [9.17, 15) is 9.50 Å². The summed E-state index contributed by atoms with van der Waals surface area (Å²) in [6, 6.07) is 15.3. The molecule has 0 bridgehead atoms. The van der Waals surface area contributed by atoms with Crippen LogP contribution in [-0.2, 0) is 26.1 Å². The lowest BCUT2D eigenvalue weighted by atomic mass is 10.0. The molecule has 186 valence electrons. The lowest BCUT2D eigenvalue weighted by Crippen LogP contribution is -2.33. The van der Waals surface area contributed by atoms with E-state index in [0.717, 1.165) is 62.4 Å². The van der Waals surface area contributed by atoms with Gasteiger partial charge < -0.3 is 5.11 Å². The molecular weight excluding hydrogens is 439 g/mol. The molecule has 3 aromatic rings. The Morgan fingerprint density at radius 1 is 1.17 bits per heavy atom. The average Bonchev–Trinajstić information content (AvgIpc) is 3.21. The molecule has 1 unspecified atom stereocenters. The van der Waals surface area contributed by atoms with Gasteiger partial charge in [0.1, 0.15) is 5.82 Å². The Hall–Kier alpha value is -2.80. The molecule has 1 atom stereocenters. The fourth-order valence-corrected chi connectivity index (χ4v) is 4.77. The maximum Gasteiger partial charge on any atom is 0.123 e. The molecule has 0 aliphatic carbocycles. The van der Waals surface area contributed by atoms with Gasteiger partial charge in [0.25, 0.3) is 0 Å². The van der Waals surface area contributed by atoms with Gasteiger partial charge in [0, 0.05) is 44.7 Å². The predicted octanol–water partition coefficient (Wildman–Crippen LogP) is 5.03. The molecule has 6 heteroatoms. The summed E-state index contributed by atoms with van der Waals surface area (Å²) >= 11 is 0. The van der Waals surface area contributed by atoms with Crippen molar-refractivity contribution in [3.05, 3.63) is 95.1 Å². The number of aromatic nitrogens is 2. The first-order valence-electron chi connectivity index (χ1n) is 12.6. The highest BCUT2D eigenvalue weighted by atomic mass is 19.1. The largest absolute Gasteiger partial charge is 0.392 e. The number of hydrogen-bond donors (Lipinski definition) is 1. The van der Waals surface area contributed by atoms with Crippen LogP contribution >= 0.6 is 0 Å². The van der Waals surface area contributed by atoms with Crippen molar-refractivity contribution >= 4 is 0 Å². The Morgan fingerprint density at radius 2 is 1.91 bits per heavy atom. The minimum atomic E-state index is -0.377. The summed E-state index contributed by atoms with van der Waals surface area (Å²) in [4.78, 5) is 4.68. The van der Waals surface area contributed by atoms with E-state index in [2.05, 4.69) is 59.2 Å². The maximum absolute atomic E-state index is 13.4. The molecular formula is C29H37FN4O. The number of rotatable bonds is 11. The lowest BCUT2D eigenvalue weighted by molar-refractivity contribution is 0.104. The van der Waals surface area contributed by atoms with E-state index in [0.29, 0.717) is 13.1 Å². The van der Waals surface area contributed by atoms with Gasteiger partial charge in [0.05, 0.1) is 23.2 Å². The Morgan fingerprint density at radius 3 is 2.60 bits per heavy atom. The van der Waals surface area contributed by atoms with Crippen molar-refractivity contribution in [2.24, 2.45) is 0 Å². The summed E-state index contributed by atoms with van der Waals surface area (Å²) < 4.78 is 15.5. The first-order chi connectivity index (χ1) is 17.0. The van der Waals surface area contributed by atoms with Crippen LogP contribution in [0.1, 0.15) is 47.8 Å². The summed E-state index contributed by atoms with van der Waals surface area (Å²) in [6.45, 7) is 12.7. The quantitative estimate of drug-likeness (QED) is 0.395. The molecule has 2 heterocycles. The van der Waals surface area contributed by atoms with E-state index < -0.39 is 0 Å². The number of benzene rings is 2. The number of nitrogens with zero attached hydrogens (tertiary/aromatic N) is 4. The van der Waals surface area contributed by atoms with Gasteiger partial charge in [0.15, 0.2) is 0 Å². The topological polar surface area (TPSA) is 44.5 Å². The summed E-state index contributed by atoms with van der Waals surface area (Å²) in [5, 5.41) is 15.6. The number of aliphatic hydroxyl groups is 1. The van der Waals surface area contributed by atoms with Crippen LogP contribution in [0, 0.1) is 12.7 Å². The number of fused-ring (bicyclic) bond motifs is 1. The Balaban J connectivity index is 1.59. The summed E-state index contributed by atoms with van der Waals surface area (Å²) in [7, 11) is 0. The minimum absolute atomic E-state index is 0.203. The molecule has 1 N–H and O–H groups in total. The Kier molecular flexibility index (Phi) is 8.50. The fourth-order valence-electron chi connectivity index (χ4n) is 4.77. The molecule has 0 spiro atoms. The third kappa shape index (κ3) is 6.45. The number of hydrogen-bond acceptors (Lipinski definition) is 4. The van der Waals surface area contributed by atoms with E-state index in [1.54, 1.807) is 0 Å². The summed E-state index contributed by atoms with van der Waals surface area (Å²) in [5.41, 5.74) is 7.04. The van der Waals surface area contributed by atoms with Gasteiger partial charge in [-0.15, -0.1) is 6.58 Å². The number of allylic oxidation sites excluding steroid dienone is 1. The second-order valence-electron chi connectivity index (χ2n) is 9.55. The maximum atomic E-state index is 13.4. The monoisotopic (exact) mass is 476 g/mol. The van der Waals surface area contributed by atoms with Crippen LogP contribution in [-0.4, -0.2) is 50.4 Å². The van der Waals surface area contributed by atoms with Gasteiger partial charge in [-0.25, -0.2) is 9.07 Å². The predicted molar refractivity (Wildman–Crippen MR) is 139 cm³/mol. The SMILES string of the molecule is C=CCCC(O)CN(CC)Cc1nn(-c2ccc(C)cc2)c2c1CN(Cc1ccc(F)cc1)CC2. The van der Waals surface area contributed by atoms with Crippen molar-refractivity contribution in [3.8, 4) is 5.69 Å². The third-order valence-electron chi connectivity index (χ3n) is 6.81. The van der Waals surface area contributed by atoms with Gasteiger partial charge in [-0.1, -0.05) is 42.8 Å². The molecule has 35 heavy (non-hydrogen) atoms. The van der Waals surface area contributed by atoms with Crippen molar-refractivity contribution in [1.29, 1.82) is 0 Å². The van der Waals surface area contributed by atoms with Crippen LogP contribution < -0.4 is 0 Å². The first-order valence-corrected chi connectivity index (χ1v) is 12.6. The van der Waals surface area contributed by atoms with Gasteiger partial charge in [-0.05, 0) is 56.1 Å². The second-order valence-corrected chi connectivity index (χ2v) is 9.55. The van der Waals surface area contributed by atoms with E-state index in [1.165, 1.54) is 29.0 Å². The zero-order valence-electron chi connectivity index (χ0n) is 21.0. The standard InChI is InChI=1S/C29H37FN4O/c1-4-6-7-26(35)19-32(5-2)21-28-27-20-33(18-23-10-12-24(30)13-11-23)17-16-29(27)34(31-28)25-14-8-22(3)9-15-25/h4,8-15,26,35H,1,5-7,16-21H2,2-3H3. The molecule has 0 saturated heterocycles. The highest BCUT2D eigenvalue weighted by Crippen LogP contribution is 2.27. The van der Waals surface area contributed by atoms with Crippen LogP contribution in [0.5, 0.6) is 0 Å². The molecule has 0 fully saturated rings. The zero-order chi connectivity index (χ0) is 24.8. The molecule has 5 nitrogen and oxygen atoms in total. The fraction of sp³-hybridized carbons (Fsp3) is 0.414. The van der Waals surface area contributed by atoms with Crippen LogP contribution in [0.15, 0.2) is 61.2 Å². The lowest BCUT2D eigenvalue weighted by Gasteiger charge is -2.29. The van der Waals surface area contributed by atoms with Crippen LogP contribution in [0.25, 0.3) is 5.69 Å². The van der Waals surface area contributed by atoms with E-state index in [-0.39, 0.29) is 11.9 Å². The van der Waals surface area contributed by atoms with E-state index in [1.807, 2.05) is 18.2 Å². The summed E-state index contributed by atoms with van der Waals surface area (Å²) in [6.07, 6.45) is 3.92. The number of halogens is 1. The Bertz CT molecular complexity index is 1110. The molecule has 0 saturated carbocycles. The van der Waals surface area contributed by atoms with Gasteiger partial charge in [0.2, 0.25) is 0 Å². The minimum Gasteiger partial charge on any atom is -0.392 e. The van der Waals surface area contributed by atoms with Gasteiger partial charge >= 0.3 is 0 Å². The number of likely N-dealkylation sites (N-methyl/N-ethyl adjacent to an activating group) is 1. The van der Waals surface area contributed by atoms with E-state index in [4.69, 9.17) is 5.10 Å². The van der Waals surface area contributed by atoms with Crippen molar-refractivity contribution in [2.45, 2.75) is 58.8 Å². The third-order valence-corrected chi connectivity index (χ3v) is 6.81. The average molecular weight is 477 g/mol. The smallest absolute Gasteiger partial charge is 0.123 e. The summed E-state index contributed by atoms with van der Waals surface area (Å²) in [5.74, 6) is -0.203. The molecule has 4 rings (SSSR count). The molecule has 1 aliphatic rings. The van der Waals surface area contributed by atoms with E-state index >= 15 is 0 Å². The van der Waals surface area contributed by atoms with Crippen LogP contribution in [0.2, 0.25) is 0 Å². The van der Waals surface area contributed by atoms with Crippen molar-refractivity contribution in [3.63, 3.8) is 0 Å². The Labute approximate surface area is 208 Å². The zero-order valence-corrected chi connectivity index (χ0v) is 21.0. The highest BCUT2D eigenvalue weighted by Gasteiger charge is 2.27. The van der Waals surface area contributed by atoms with Gasteiger partial charge in [-0.2, -0.15) is 5.10 Å². The molecule has 0 amide bonds. The second kappa shape index (κ2) is 11.8. The van der Waals surface area contributed by atoms with Crippen molar-refractivity contribution in [1.82, 2.24) is 19.6 Å². The van der Waals surface area contributed by atoms with Crippen LogP contribution in [0.4, 0.5) is 4.39 Å². The van der Waals surface area contributed by atoms with Gasteiger partial charge in [-0.3, -0.25) is 9.80 Å². The van der Waals surface area contributed by atoms with Crippen molar-refractivity contribution in [2.75, 3.05) is 19.6 Å². The highest BCUT2D eigenvalue weighted by molar-refractivity contribution is 5.40. The van der Waals surface area contributed by atoms with Crippen LogP contribution in [0.3, 0.4) is 0 Å².